The molecular weight excluding hydrogens is 220 g/mol. The van der Waals surface area contributed by atoms with Gasteiger partial charge in [-0.2, -0.15) is 0 Å². The minimum absolute atomic E-state index is 0.226. The van der Waals surface area contributed by atoms with Crippen LogP contribution >= 0.6 is 0 Å². The predicted octanol–water partition coefficient (Wildman–Crippen LogP) is 3.07. The molecule has 0 aliphatic heterocycles. The van der Waals surface area contributed by atoms with Crippen molar-refractivity contribution in [1.29, 1.82) is 0 Å². The second kappa shape index (κ2) is 7.99. The Morgan fingerprint density at radius 2 is 1.88 bits per heavy atom. The van der Waals surface area contributed by atoms with Crippen LogP contribution in [0.5, 0.6) is 0 Å². The second-order valence-electron chi connectivity index (χ2n) is 4.80. The zero-order valence-corrected chi connectivity index (χ0v) is 11.2. The molecule has 1 aliphatic carbocycles. The molecule has 1 unspecified atom stereocenters. The summed E-state index contributed by atoms with van der Waals surface area (Å²) in [5, 5.41) is 0. The highest BCUT2D eigenvalue weighted by Crippen LogP contribution is 2.24. The van der Waals surface area contributed by atoms with Gasteiger partial charge in [0.25, 0.3) is 0 Å². The Balaban J connectivity index is 2.19. The van der Waals surface area contributed by atoms with Crippen molar-refractivity contribution in [3.8, 4) is 0 Å². The van der Waals surface area contributed by atoms with Crippen LogP contribution in [0.25, 0.3) is 0 Å². The summed E-state index contributed by atoms with van der Waals surface area (Å²) < 4.78 is 11.7. The average molecular weight is 244 g/mol. The molecule has 0 radical (unpaired) electrons. The predicted molar refractivity (Wildman–Crippen MR) is 69.0 cm³/mol. The molecule has 1 atom stereocenters. The quantitative estimate of drug-likeness (QED) is 0.645. The average Bonchev–Trinajstić information content (AvgIpc) is 2.30. The van der Waals surface area contributed by atoms with Crippen LogP contribution in [0, 0.1) is 5.92 Å². The molecular formula is C13H24O2S. The van der Waals surface area contributed by atoms with E-state index in [1.807, 2.05) is 0 Å². The van der Waals surface area contributed by atoms with Crippen LogP contribution in [-0.2, 0) is 15.6 Å². The molecule has 2 nitrogen and oxygen atoms in total. The topological polar surface area (TPSA) is 34.1 Å². The van der Waals surface area contributed by atoms with Crippen molar-refractivity contribution < 1.29 is 9.00 Å². The Labute approximate surface area is 102 Å². The van der Waals surface area contributed by atoms with Gasteiger partial charge in [-0.3, -0.25) is 9.00 Å². The summed E-state index contributed by atoms with van der Waals surface area (Å²) in [6.45, 7) is 2.14. The fourth-order valence-corrected chi connectivity index (χ4v) is 3.51. The minimum atomic E-state index is -0.903. The minimum Gasteiger partial charge on any atom is -0.298 e. The number of hydrogen-bond donors (Lipinski definition) is 0. The maximum Gasteiger partial charge on any atom is 0.148 e. The van der Waals surface area contributed by atoms with E-state index in [0.717, 1.165) is 32.1 Å². The van der Waals surface area contributed by atoms with Gasteiger partial charge >= 0.3 is 0 Å². The summed E-state index contributed by atoms with van der Waals surface area (Å²) in [4.78, 5) is 11.8. The Morgan fingerprint density at radius 1 is 1.19 bits per heavy atom. The zero-order chi connectivity index (χ0) is 11.8. The lowest BCUT2D eigenvalue weighted by molar-refractivity contribution is -0.121. The van der Waals surface area contributed by atoms with E-state index in [9.17, 15) is 9.00 Å². The maximum atomic E-state index is 11.8. The number of rotatable bonds is 7. The molecule has 1 rings (SSSR count). The molecule has 0 saturated heterocycles. The van der Waals surface area contributed by atoms with Gasteiger partial charge in [0.2, 0.25) is 0 Å². The fourth-order valence-electron chi connectivity index (χ4n) is 2.29. The van der Waals surface area contributed by atoms with Crippen LogP contribution in [0.15, 0.2) is 0 Å². The zero-order valence-electron chi connectivity index (χ0n) is 10.4. The van der Waals surface area contributed by atoms with Crippen molar-refractivity contribution >= 4 is 16.6 Å². The highest BCUT2D eigenvalue weighted by molar-refractivity contribution is 7.85. The molecule has 0 N–H and O–H groups in total. The summed E-state index contributed by atoms with van der Waals surface area (Å²) in [5.74, 6) is 1.51. The van der Waals surface area contributed by atoms with Gasteiger partial charge in [0, 0.05) is 22.5 Å². The van der Waals surface area contributed by atoms with Gasteiger partial charge < -0.3 is 0 Å². The summed E-state index contributed by atoms with van der Waals surface area (Å²) in [7, 11) is -0.903. The Hall–Kier alpha value is -0.180. The van der Waals surface area contributed by atoms with Crippen LogP contribution < -0.4 is 0 Å². The van der Waals surface area contributed by atoms with Crippen molar-refractivity contribution in [3.05, 3.63) is 0 Å². The van der Waals surface area contributed by atoms with E-state index in [1.54, 1.807) is 0 Å². The van der Waals surface area contributed by atoms with Crippen LogP contribution in [0.2, 0.25) is 0 Å². The lowest BCUT2D eigenvalue weighted by Gasteiger charge is -2.19. The molecule has 0 aromatic rings. The highest BCUT2D eigenvalue weighted by Gasteiger charge is 2.22. The van der Waals surface area contributed by atoms with Gasteiger partial charge in [-0.1, -0.05) is 39.0 Å². The number of hydrogen-bond acceptors (Lipinski definition) is 2. The molecule has 94 valence electrons. The molecule has 1 saturated carbocycles. The third kappa shape index (κ3) is 5.24. The van der Waals surface area contributed by atoms with Crippen molar-refractivity contribution in [2.45, 2.75) is 58.3 Å². The number of unbranched alkanes of at least 4 members (excludes halogenated alkanes) is 2. The van der Waals surface area contributed by atoms with Gasteiger partial charge in [0.1, 0.15) is 5.78 Å². The van der Waals surface area contributed by atoms with E-state index in [-0.39, 0.29) is 11.7 Å². The Kier molecular flexibility index (Phi) is 6.93. The summed E-state index contributed by atoms with van der Waals surface area (Å²) in [6.07, 6.45) is 8.97. The standard InChI is InChI=1S/C13H24O2S/c1-2-3-7-10-16(15)11-13(14)12-8-5-4-6-9-12/h12H,2-11H2,1H3. The van der Waals surface area contributed by atoms with Crippen molar-refractivity contribution in [2.24, 2.45) is 5.92 Å². The number of Topliss-reactive ketones (excluding diaryl/α,β-unsaturated/α-hetero) is 1. The summed E-state index contributed by atoms with van der Waals surface area (Å²) in [6, 6.07) is 0. The molecule has 0 spiro atoms. The fraction of sp³-hybridized carbons (Fsp3) is 0.923. The molecule has 1 aliphatic rings. The Morgan fingerprint density at radius 3 is 2.50 bits per heavy atom. The van der Waals surface area contributed by atoms with E-state index in [0.29, 0.717) is 11.5 Å². The van der Waals surface area contributed by atoms with E-state index >= 15 is 0 Å². The van der Waals surface area contributed by atoms with E-state index in [1.165, 1.54) is 19.3 Å². The smallest absolute Gasteiger partial charge is 0.148 e. The van der Waals surface area contributed by atoms with Crippen LogP contribution in [0.1, 0.15) is 58.3 Å². The van der Waals surface area contributed by atoms with Gasteiger partial charge in [-0.25, -0.2) is 0 Å². The summed E-state index contributed by atoms with van der Waals surface area (Å²) >= 11 is 0. The van der Waals surface area contributed by atoms with Gasteiger partial charge in [-0.05, 0) is 19.3 Å². The normalized spacial score (nSPS) is 19.6. The van der Waals surface area contributed by atoms with Crippen molar-refractivity contribution in [3.63, 3.8) is 0 Å². The van der Waals surface area contributed by atoms with E-state index in [2.05, 4.69) is 6.92 Å². The largest absolute Gasteiger partial charge is 0.298 e. The molecule has 1 fully saturated rings. The lowest BCUT2D eigenvalue weighted by atomic mass is 9.87. The second-order valence-corrected chi connectivity index (χ2v) is 6.37. The Bertz CT molecular complexity index is 232. The molecule has 0 aromatic heterocycles. The lowest BCUT2D eigenvalue weighted by Crippen LogP contribution is -2.23. The maximum absolute atomic E-state index is 11.8. The van der Waals surface area contributed by atoms with Gasteiger partial charge in [0.05, 0.1) is 5.75 Å². The molecule has 0 amide bonds. The number of ketones is 1. The first kappa shape index (κ1) is 13.9. The molecule has 0 bridgehead atoms. The first-order valence-corrected chi connectivity index (χ1v) is 8.10. The monoisotopic (exact) mass is 244 g/mol. The van der Waals surface area contributed by atoms with E-state index < -0.39 is 10.8 Å². The molecule has 16 heavy (non-hydrogen) atoms. The van der Waals surface area contributed by atoms with E-state index in [4.69, 9.17) is 0 Å². The molecule has 0 aromatic carbocycles. The first-order chi connectivity index (χ1) is 7.74. The van der Waals surface area contributed by atoms with Crippen LogP contribution in [-0.4, -0.2) is 21.5 Å². The third-order valence-corrected chi connectivity index (χ3v) is 4.69. The van der Waals surface area contributed by atoms with Gasteiger partial charge in [0.15, 0.2) is 0 Å². The first-order valence-electron chi connectivity index (χ1n) is 6.61. The highest BCUT2D eigenvalue weighted by atomic mass is 32.2. The van der Waals surface area contributed by atoms with Crippen molar-refractivity contribution in [2.75, 3.05) is 11.5 Å². The number of carbonyl (C=O) groups is 1. The van der Waals surface area contributed by atoms with Crippen LogP contribution in [0.4, 0.5) is 0 Å². The van der Waals surface area contributed by atoms with Gasteiger partial charge in [-0.15, -0.1) is 0 Å². The third-order valence-electron chi connectivity index (χ3n) is 3.34. The SMILES string of the molecule is CCCCCS(=O)CC(=O)C1CCCCC1. The molecule has 3 heteroatoms. The van der Waals surface area contributed by atoms with Crippen LogP contribution in [0.3, 0.4) is 0 Å². The number of carbonyl (C=O) groups excluding carboxylic acids is 1. The summed E-state index contributed by atoms with van der Waals surface area (Å²) in [5.41, 5.74) is 0. The molecule has 0 heterocycles. The van der Waals surface area contributed by atoms with Crippen molar-refractivity contribution in [1.82, 2.24) is 0 Å².